The number of carbonyl (C=O) groups excluding carboxylic acids is 1. The Kier molecular flexibility index (Phi) is 29.8. The lowest BCUT2D eigenvalue weighted by atomic mass is 10.1. The van der Waals surface area contributed by atoms with Crippen LogP contribution in [-0.4, -0.2) is 40.7 Å². The lowest BCUT2D eigenvalue weighted by molar-refractivity contribution is -0.144. The molecule has 0 saturated carbocycles. The largest absolute Gasteiger partial charge is 0.501 e. The van der Waals surface area contributed by atoms with Gasteiger partial charge in [-0.3, -0.25) is 0 Å². The molecule has 0 bridgehead atoms. The van der Waals surface area contributed by atoms with Gasteiger partial charge in [-0.1, -0.05) is 143 Å². The number of ether oxygens (including phenoxy) is 1. The molecule has 0 spiro atoms. The van der Waals surface area contributed by atoms with Gasteiger partial charge in [0.05, 0.1) is 0 Å². The Hall–Kier alpha value is -0.693. The molecule has 0 amide bonds. The highest BCUT2D eigenvalue weighted by atomic mass is 28.4. The van der Waals surface area contributed by atoms with Gasteiger partial charge in [0.25, 0.3) is 0 Å². The first-order chi connectivity index (χ1) is 20.4. The second-order valence-electron chi connectivity index (χ2n) is 12.4. The van der Waals surface area contributed by atoms with Gasteiger partial charge in [0.2, 0.25) is 0 Å². The van der Waals surface area contributed by atoms with Crippen molar-refractivity contribution in [3.05, 3.63) is 12.2 Å². The summed E-state index contributed by atoms with van der Waals surface area (Å²) in [6, 6.07) is 0.703. The van der Waals surface area contributed by atoms with Gasteiger partial charge in [0, 0.05) is 31.4 Å². The van der Waals surface area contributed by atoms with Crippen molar-refractivity contribution < 1.29 is 22.8 Å². The van der Waals surface area contributed by atoms with E-state index in [2.05, 4.69) is 34.3 Å². The molecule has 0 aliphatic rings. The zero-order chi connectivity index (χ0) is 31.2. The van der Waals surface area contributed by atoms with Crippen LogP contribution in [0.4, 0.5) is 0 Å². The number of carbonyl (C=O) groups is 1. The summed E-state index contributed by atoms with van der Waals surface area (Å²) in [5, 5.41) is 0. The molecule has 0 saturated heterocycles. The van der Waals surface area contributed by atoms with Crippen molar-refractivity contribution in [1.29, 1.82) is 0 Å². The highest BCUT2D eigenvalue weighted by Crippen LogP contribution is 2.25. The minimum atomic E-state index is -2.92. The molecule has 0 N–H and O–H groups in total. The highest BCUT2D eigenvalue weighted by molar-refractivity contribution is 6.60. The van der Waals surface area contributed by atoms with Crippen LogP contribution in [0.25, 0.3) is 0 Å². The van der Waals surface area contributed by atoms with Gasteiger partial charge >= 0.3 is 14.8 Å². The Balaban J connectivity index is 5.44. The molecular formula is C36H72O5Si. The van der Waals surface area contributed by atoms with E-state index in [0.717, 1.165) is 51.4 Å². The Morgan fingerprint density at radius 1 is 0.548 bits per heavy atom. The summed E-state index contributed by atoms with van der Waals surface area (Å²) < 4.78 is 26.0. The normalized spacial score (nSPS) is 12.5. The summed E-state index contributed by atoms with van der Waals surface area (Å²) in [6.07, 6.45) is 26.9. The molecule has 0 radical (unpaired) electrons. The van der Waals surface area contributed by atoms with Gasteiger partial charge in [-0.2, -0.15) is 0 Å². The summed E-state index contributed by atoms with van der Waals surface area (Å²) >= 11 is 0. The van der Waals surface area contributed by atoms with E-state index in [0.29, 0.717) is 31.4 Å². The van der Waals surface area contributed by atoms with E-state index in [9.17, 15) is 4.79 Å². The van der Waals surface area contributed by atoms with Gasteiger partial charge in [0.15, 0.2) is 0 Å². The molecule has 250 valence electrons. The van der Waals surface area contributed by atoms with Crippen LogP contribution in [0.15, 0.2) is 12.2 Å². The topological polar surface area (TPSA) is 54.0 Å². The highest BCUT2D eigenvalue weighted by Gasteiger charge is 2.42. The Labute approximate surface area is 263 Å². The lowest BCUT2D eigenvalue weighted by Crippen LogP contribution is -2.47. The fourth-order valence-electron chi connectivity index (χ4n) is 5.15. The fraction of sp³-hybridized carbons (Fsp3) is 0.917. The third-order valence-electron chi connectivity index (χ3n) is 7.98. The molecule has 0 aromatic rings. The van der Waals surface area contributed by atoms with Crippen molar-refractivity contribution in [3.8, 4) is 0 Å². The number of esters is 1. The predicted octanol–water partition coefficient (Wildman–Crippen LogP) is 11.5. The van der Waals surface area contributed by atoms with Crippen LogP contribution in [0.3, 0.4) is 0 Å². The van der Waals surface area contributed by atoms with Crippen LogP contribution in [0, 0.1) is 0 Å². The molecule has 1 unspecified atom stereocenters. The zero-order valence-corrected chi connectivity index (χ0v) is 29.9. The first kappa shape index (κ1) is 41.3. The van der Waals surface area contributed by atoms with Crippen LogP contribution in [-0.2, 0) is 22.8 Å². The minimum Gasteiger partial charge on any atom is -0.459 e. The lowest BCUT2D eigenvalue weighted by Gasteiger charge is -2.31. The van der Waals surface area contributed by atoms with Crippen molar-refractivity contribution in [2.45, 2.75) is 194 Å². The number of rotatable bonds is 33. The number of hydrogen-bond acceptors (Lipinski definition) is 5. The second kappa shape index (κ2) is 30.3. The summed E-state index contributed by atoms with van der Waals surface area (Å²) in [7, 11) is -2.92. The monoisotopic (exact) mass is 613 g/mol. The molecule has 42 heavy (non-hydrogen) atoms. The molecule has 0 heterocycles. The smallest absolute Gasteiger partial charge is 0.459 e. The van der Waals surface area contributed by atoms with Crippen molar-refractivity contribution in [2.75, 3.05) is 19.8 Å². The van der Waals surface area contributed by atoms with Crippen LogP contribution >= 0.6 is 0 Å². The molecule has 0 aromatic carbocycles. The third kappa shape index (κ3) is 24.7. The summed E-state index contributed by atoms with van der Waals surface area (Å²) in [6.45, 7) is 16.6. The maximum atomic E-state index is 12.5. The molecule has 1 atom stereocenters. The first-order valence-electron chi connectivity index (χ1n) is 18.2. The van der Waals surface area contributed by atoms with Crippen molar-refractivity contribution >= 4 is 14.8 Å². The molecule has 0 aromatic heterocycles. The standard InChI is InChI=1S/C36H72O5Si/c1-7-11-15-18-21-25-30-38-42(39-31-26-22-19-16-12-8-2,40-32-27-23-20-17-13-9-3)33-29-35(28-24-14-10-4)41-36(37)34(5)6/h35H,5,7-33H2,1-4,6H3. The quantitative estimate of drug-likeness (QED) is 0.0319. The minimum absolute atomic E-state index is 0.152. The van der Waals surface area contributed by atoms with Crippen molar-refractivity contribution in [3.63, 3.8) is 0 Å². The maximum Gasteiger partial charge on any atom is 0.501 e. The zero-order valence-electron chi connectivity index (χ0n) is 28.9. The van der Waals surface area contributed by atoms with E-state index in [4.69, 9.17) is 18.0 Å². The van der Waals surface area contributed by atoms with Crippen molar-refractivity contribution in [1.82, 2.24) is 0 Å². The Bertz CT molecular complexity index is 566. The molecule has 0 aliphatic heterocycles. The average molecular weight is 613 g/mol. The van der Waals surface area contributed by atoms with E-state index in [1.807, 2.05) is 0 Å². The number of unbranched alkanes of at least 4 members (excludes halogenated alkanes) is 17. The first-order valence-corrected chi connectivity index (χ1v) is 20.2. The Morgan fingerprint density at radius 2 is 0.905 bits per heavy atom. The average Bonchev–Trinajstić information content (AvgIpc) is 2.98. The second-order valence-corrected chi connectivity index (χ2v) is 15.1. The molecular weight excluding hydrogens is 540 g/mol. The molecule has 0 aliphatic carbocycles. The van der Waals surface area contributed by atoms with Crippen LogP contribution in [0.5, 0.6) is 0 Å². The Morgan fingerprint density at radius 3 is 1.29 bits per heavy atom. The van der Waals surface area contributed by atoms with Gasteiger partial charge in [0.1, 0.15) is 6.10 Å². The fourth-order valence-corrected chi connectivity index (χ4v) is 7.87. The predicted molar refractivity (Wildman–Crippen MR) is 182 cm³/mol. The van der Waals surface area contributed by atoms with Crippen LogP contribution < -0.4 is 0 Å². The van der Waals surface area contributed by atoms with E-state index in [-0.39, 0.29) is 12.1 Å². The number of hydrogen-bond donors (Lipinski definition) is 0. The van der Waals surface area contributed by atoms with Gasteiger partial charge < -0.3 is 18.0 Å². The van der Waals surface area contributed by atoms with E-state index in [1.165, 1.54) is 96.3 Å². The molecule has 5 nitrogen and oxygen atoms in total. The van der Waals surface area contributed by atoms with Crippen LogP contribution in [0.2, 0.25) is 6.04 Å². The summed E-state index contributed by atoms with van der Waals surface area (Å²) in [4.78, 5) is 12.5. The SMILES string of the molecule is C=C(C)C(=O)OC(CCCCC)CC[Si](OCCCCCCCC)(OCCCCCCCC)OCCCCCCCC. The van der Waals surface area contributed by atoms with E-state index >= 15 is 0 Å². The summed E-state index contributed by atoms with van der Waals surface area (Å²) in [5.74, 6) is -0.294. The maximum absolute atomic E-state index is 12.5. The molecule has 0 rings (SSSR count). The molecule has 0 fully saturated rings. The summed E-state index contributed by atoms with van der Waals surface area (Å²) in [5.41, 5.74) is 0.456. The molecule has 6 heteroatoms. The van der Waals surface area contributed by atoms with E-state index in [1.54, 1.807) is 6.92 Å². The van der Waals surface area contributed by atoms with Crippen molar-refractivity contribution in [2.24, 2.45) is 0 Å². The van der Waals surface area contributed by atoms with Gasteiger partial charge in [-0.15, -0.1) is 0 Å². The third-order valence-corrected chi connectivity index (χ3v) is 10.8. The van der Waals surface area contributed by atoms with E-state index < -0.39 is 8.80 Å². The van der Waals surface area contributed by atoms with Gasteiger partial charge in [-0.25, -0.2) is 4.79 Å². The van der Waals surface area contributed by atoms with Gasteiger partial charge in [-0.05, 0) is 45.4 Å². The van der Waals surface area contributed by atoms with Crippen LogP contribution in [0.1, 0.15) is 182 Å².